The minimum absolute atomic E-state index is 0.221. The fourth-order valence-electron chi connectivity index (χ4n) is 0.697. The van der Waals surface area contributed by atoms with Crippen molar-refractivity contribution in [1.29, 1.82) is 0 Å². The van der Waals surface area contributed by atoms with Crippen molar-refractivity contribution in [2.75, 3.05) is 13.2 Å². The fraction of sp³-hybridized carbons (Fsp3) is 1.00. The first-order chi connectivity index (χ1) is 7.83. The van der Waals surface area contributed by atoms with Crippen LogP contribution in [0.4, 0.5) is 0 Å². The van der Waals surface area contributed by atoms with Gasteiger partial charge in [-0.05, 0) is 40.5 Å². The molecule has 4 heteroatoms. The summed E-state index contributed by atoms with van der Waals surface area (Å²) in [6.07, 6.45) is 2.58. The van der Waals surface area contributed by atoms with Crippen LogP contribution in [-0.4, -0.2) is 24.4 Å². The van der Waals surface area contributed by atoms with Crippen LogP contribution < -0.4 is 0 Å². The van der Waals surface area contributed by atoms with E-state index >= 15 is 0 Å². The van der Waals surface area contributed by atoms with Crippen molar-refractivity contribution in [3.63, 3.8) is 0 Å². The maximum atomic E-state index is 5.25. The Bertz CT molecular complexity index is 170. The molecule has 0 fully saturated rings. The summed E-state index contributed by atoms with van der Waals surface area (Å²) in [4.78, 5) is 20.7. The molecule has 0 N–H and O–H groups in total. The highest BCUT2D eigenvalue weighted by Crippen LogP contribution is 2.15. The molecule has 0 radical (unpaired) electrons. The molecule has 0 aliphatic rings. The minimum atomic E-state index is -0.221. The molecule has 17 heavy (non-hydrogen) atoms. The van der Waals surface area contributed by atoms with Gasteiger partial charge in [0, 0.05) is 6.42 Å². The highest BCUT2D eigenvalue weighted by atomic mass is 17.2. The zero-order chi connectivity index (χ0) is 13.4. The Kier molecular flexibility index (Phi) is 7.96. The smallest absolute Gasteiger partial charge is 0.0977 e. The Morgan fingerprint density at radius 2 is 1.06 bits per heavy atom. The van der Waals surface area contributed by atoms with E-state index in [0.717, 1.165) is 19.3 Å². The van der Waals surface area contributed by atoms with E-state index in [1.807, 2.05) is 27.7 Å². The second-order valence-electron chi connectivity index (χ2n) is 5.39. The second-order valence-corrected chi connectivity index (χ2v) is 5.39. The van der Waals surface area contributed by atoms with Crippen molar-refractivity contribution in [2.45, 2.75) is 72.0 Å². The Labute approximate surface area is 105 Å². The third-order valence-electron chi connectivity index (χ3n) is 2.73. The molecule has 104 valence electrons. The quantitative estimate of drug-likeness (QED) is 0.336. The summed E-state index contributed by atoms with van der Waals surface area (Å²) in [7, 11) is 0. The fourth-order valence-corrected chi connectivity index (χ4v) is 0.697. The first-order valence-electron chi connectivity index (χ1n) is 6.44. The molecule has 4 nitrogen and oxygen atoms in total. The average molecular weight is 248 g/mol. The SMILES string of the molecule is CCC(C)(C)OOCCCOOC(C)(C)CC. The Balaban J connectivity index is 3.36. The predicted octanol–water partition coefficient (Wildman–Crippen LogP) is 3.65. The molecule has 0 aromatic heterocycles. The third-order valence-corrected chi connectivity index (χ3v) is 2.73. The summed E-state index contributed by atoms with van der Waals surface area (Å²) in [5.41, 5.74) is -0.441. The summed E-state index contributed by atoms with van der Waals surface area (Å²) >= 11 is 0. The number of hydrogen-bond donors (Lipinski definition) is 0. The van der Waals surface area contributed by atoms with Gasteiger partial charge >= 0.3 is 0 Å². The molecule has 0 saturated heterocycles. The van der Waals surface area contributed by atoms with Crippen LogP contribution in [0.1, 0.15) is 60.8 Å². The molecular formula is C13H28O4. The van der Waals surface area contributed by atoms with E-state index in [1.165, 1.54) is 0 Å². The molecular weight excluding hydrogens is 220 g/mol. The lowest BCUT2D eigenvalue weighted by atomic mass is 10.1. The van der Waals surface area contributed by atoms with Gasteiger partial charge in [0.1, 0.15) is 0 Å². The van der Waals surface area contributed by atoms with Crippen LogP contribution in [0.25, 0.3) is 0 Å². The molecule has 0 amide bonds. The summed E-state index contributed by atoms with van der Waals surface area (Å²) in [6, 6.07) is 0. The van der Waals surface area contributed by atoms with Crippen molar-refractivity contribution < 1.29 is 19.6 Å². The van der Waals surface area contributed by atoms with E-state index in [9.17, 15) is 0 Å². The molecule has 0 aromatic carbocycles. The van der Waals surface area contributed by atoms with Gasteiger partial charge in [0.25, 0.3) is 0 Å². The van der Waals surface area contributed by atoms with Gasteiger partial charge in [-0.2, -0.15) is 0 Å². The first kappa shape index (κ1) is 16.8. The van der Waals surface area contributed by atoms with Crippen LogP contribution in [0, 0.1) is 0 Å². The lowest BCUT2D eigenvalue weighted by Gasteiger charge is -2.22. The lowest BCUT2D eigenvalue weighted by molar-refractivity contribution is -0.370. The van der Waals surface area contributed by atoms with Crippen molar-refractivity contribution in [2.24, 2.45) is 0 Å². The molecule has 0 rings (SSSR count). The lowest BCUT2D eigenvalue weighted by Crippen LogP contribution is -2.24. The molecule has 0 aliphatic carbocycles. The average Bonchev–Trinajstić information content (AvgIpc) is 2.27. The molecule has 0 heterocycles. The van der Waals surface area contributed by atoms with Crippen LogP contribution in [0.15, 0.2) is 0 Å². The zero-order valence-electron chi connectivity index (χ0n) is 12.2. The van der Waals surface area contributed by atoms with E-state index in [4.69, 9.17) is 19.6 Å². The molecule has 0 aromatic rings. The minimum Gasteiger partial charge on any atom is -0.236 e. The third kappa shape index (κ3) is 9.53. The first-order valence-corrected chi connectivity index (χ1v) is 6.44. The van der Waals surface area contributed by atoms with Gasteiger partial charge in [-0.15, -0.1) is 0 Å². The van der Waals surface area contributed by atoms with Crippen LogP contribution in [-0.2, 0) is 19.6 Å². The maximum Gasteiger partial charge on any atom is 0.0977 e. The highest BCUT2D eigenvalue weighted by molar-refractivity contribution is 4.62. The Morgan fingerprint density at radius 3 is 1.35 bits per heavy atom. The summed E-state index contributed by atoms with van der Waals surface area (Å²) in [5.74, 6) is 0. The standard InChI is InChI=1S/C13H28O4/c1-7-12(3,4)16-14-10-9-11-15-17-13(5,6)8-2/h7-11H2,1-6H3. The second kappa shape index (κ2) is 8.03. The van der Waals surface area contributed by atoms with E-state index < -0.39 is 0 Å². The summed E-state index contributed by atoms with van der Waals surface area (Å²) in [6.45, 7) is 13.1. The topological polar surface area (TPSA) is 36.9 Å². The summed E-state index contributed by atoms with van der Waals surface area (Å²) in [5, 5.41) is 0. The van der Waals surface area contributed by atoms with Gasteiger partial charge in [-0.3, -0.25) is 0 Å². The normalized spacial score (nSPS) is 13.1. The van der Waals surface area contributed by atoms with Crippen molar-refractivity contribution in [1.82, 2.24) is 0 Å². The monoisotopic (exact) mass is 248 g/mol. The van der Waals surface area contributed by atoms with Gasteiger partial charge in [-0.25, -0.2) is 19.6 Å². The molecule has 0 bridgehead atoms. The predicted molar refractivity (Wildman–Crippen MR) is 67.4 cm³/mol. The van der Waals surface area contributed by atoms with E-state index in [2.05, 4.69) is 13.8 Å². The van der Waals surface area contributed by atoms with E-state index in [0.29, 0.717) is 13.2 Å². The van der Waals surface area contributed by atoms with Gasteiger partial charge in [-0.1, -0.05) is 13.8 Å². The molecule has 0 atom stereocenters. The molecule has 0 spiro atoms. The zero-order valence-corrected chi connectivity index (χ0v) is 12.2. The summed E-state index contributed by atoms with van der Waals surface area (Å²) < 4.78 is 0. The number of rotatable bonds is 10. The van der Waals surface area contributed by atoms with Gasteiger partial charge in [0.15, 0.2) is 0 Å². The molecule has 0 unspecified atom stereocenters. The van der Waals surface area contributed by atoms with Gasteiger partial charge in [0.05, 0.1) is 24.4 Å². The van der Waals surface area contributed by atoms with Crippen molar-refractivity contribution in [3.8, 4) is 0 Å². The Hall–Kier alpha value is -0.160. The highest BCUT2D eigenvalue weighted by Gasteiger charge is 2.17. The molecule has 0 aliphatic heterocycles. The van der Waals surface area contributed by atoms with Crippen molar-refractivity contribution in [3.05, 3.63) is 0 Å². The number of hydrogen-bond acceptors (Lipinski definition) is 4. The molecule has 0 saturated carbocycles. The van der Waals surface area contributed by atoms with Crippen LogP contribution in [0.3, 0.4) is 0 Å². The maximum absolute atomic E-state index is 5.25. The van der Waals surface area contributed by atoms with Gasteiger partial charge in [0.2, 0.25) is 0 Å². The van der Waals surface area contributed by atoms with Gasteiger partial charge < -0.3 is 0 Å². The van der Waals surface area contributed by atoms with Crippen LogP contribution in [0.2, 0.25) is 0 Å². The van der Waals surface area contributed by atoms with Crippen molar-refractivity contribution >= 4 is 0 Å². The largest absolute Gasteiger partial charge is 0.236 e. The Morgan fingerprint density at radius 1 is 0.706 bits per heavy atom. The van der Waals surface area contributed by atoms with E-state index in [-0.39, 0.29) is 11.2 Å². The van der Waals surface area contributed by atoms with E-state index in [1.54, 1.807) is 0 Å². The van der Waals surface area contributed by atoms with Crippen LogP contribution >= 0.6 is 0 Å². The van der Waals surface area contributed by atoms with Crippen LogP contribution in [0.5, 0.6) is 0 Å².